The quantitative estimate of drug-likeness (QED) is 0.515. The number of benzene rings is 1. The van der Waals surface area contributed by atoms with Crippen molar-refractivity contribution in [1.29, 1.82) is 0 Å². The van der Waals surface area contributed by atoms with Crippen LogP contribution < -0.4 is 0 Å². The van der Waals surface area contributed by atoms with Crippen LogP contribution in [0.2, 0.25) is 0 Å². The summed E-state index contributed by atoms with van der Waals surface area (Å²) in [6.45, 7) is 0.741. The van der Waals surface area contributed by atoms with E-state index < -0.39 is 6.26 Å². The summed E-state index contributed by atoms with van der Waals surface area (Å²) in [5, 5.41) is 0. The maximum Gasteiger partial charge on any atom is 0.144 e. The predicted molar refractivity (Wildman–Crippen MR) is 53.1 cm³/mol. The summed E-state index contributed by atoms with van der Waals surface area (Å²) >= 11 is 0. The van der Waals surface area contributed by atoms with Gasteiger partial charge >= 0.3 is 0 Å². The van der Waals surface area contributed by atoms with Crippen molar-refractivity contribution >= 4 is 6.26 Å². The van der Waals surface area contributed by atoms with E-state index in [0.29, 0.717) is 0 Å². The lowest BCUT2D eigenvalue weighted by molar-refractivity contribution is -0.104. The molecule has 2 nitrogen and oxygen atoms in total. The monoisotopic (exact) mass is 176 g/mol. The van der Waals surface area contributed by atoms with Gasteiger partial charge in [0.25, 0.3) is 0 Å². The Kier molecular flexibility index (Phi) is 3.18. The zero-order valence-electron chi connectivity index (χ0n) is 8.60. The van der Waals surface area contributed by atoms with Crippen molar-refractivity contribution in [2.24, 2.45) is 0 Å². The lowest BCUT2D eigenvalue weighted by Gasteiger charge is -2.12. The van der Waals surface area contributed by atoms with Gasteiger partial charge in [-0.2, -0.15) is 0 Å². The smallest absolute Gasteiger partial charge is 0.144 e. The fourth-order valence-electron chi connectivity index (χ4n) is 1.08. The zero-order chi connectivity index (χ0) is 10.4. The number of carbonyl (C=O) groups is 1. The van der Waals surface area contributed by atoms with Crippen LogP contribution in [0.25, 0.3) is 0 Å². The molecule has 1 rings (SSSR count). The lowest BCUT2D eigenvalue weighted by atomic mass is 10.2. The standard InChI is InChI=1S/C11H13NO/c1-12(8-5-9-13)10-11-6-3-2-4-7-11/h2-9H,10H2,1H3/b8-5+/i9D. The highest BCUT2D eigenvalue weighted by Crippen LogP contribution is 2.02. The van der Waals surface area contributed by atoms with Gasteiger partial charge in [-0.15, -0.1) is 0 Å². The summed E-state index contributed by atoms with van der Waals surface area (Å²) in [6.07, 6.45) is 2.18. The first-order valence-electron chi connectivity index (χ1n) is 4.61. The molecular weight excluding hydrogens is 162 g/mol. The number of nitrogens with zero attached hydrogens (tertiary/aromatic N) is 1. The Labute approximate surface area is 79.9 Å². The van der Waals surface area contributed by atoms with Crippen molar-refractivity contribution in [3.05, 3.63) is 48.2 Å². The molecule has 0 spiro atoms. The van der Waals surface area contributed by atoms with Crippen molar-refractivity contribution in [3.63, 3.8) is 0 Å². The molecule has 0 fully saturated rings. The van der Waals surface area contributed by atoms with Gasteiger partial charge < -0.3 is 4.90 Å². The van der Waals surface area contributed by atoms with Gasteiger partial charge in [-0.3, -0.25) is 4.79 Å². The van der Waals surface area contributed by atoms with Gasteiger partial charge in [0.2, 0.25) is 0 Å². The van der Waals surface area contributed by atoms with Gasteiger partial charge in [0.15, 0.2) is 0 Å². The third-order valence-electron chi connectivity index (χ3n) is 1.67. The number of hydrogen-bond donors (Lipinski definition) is 0. The average molecular weight is 176 g/mol. The molecule has 1 aromatic rings. The molecular formula is C11H13NO. The molecule has 13 heavy (non-hydrogen) atoms. The van der Waals surface area contributed by atoms with Crippen molar-refractivity contribution in [2.75, 3.05) is 7.05 Å². The summed E-state index contributed by atoms with van der Waals surface area (Å²) in [7, 11) is 1.87. The fraction of sp³-hybridized carbons (Fsp3) is 0.182. The van der Waals surface area contributed by atoms with Crippen LogP contribution >= 0.6 is 0 Å². The second kappa shape index (κ2) is 5.14. The van der Waals surface area contributed by atoms with Crippen LogP contribution in [-0.4, -0.2) is 18.2 Å². The molecule has 0 aliphatic carbocycles. The molecule has 0 aromatic heterocycles. The highest BCUT2D eigenvalue weighted by Gasteiger charge is 1.92. The van der Waals surface area contributed by atoms with Gasteiger partial charge in [-0.05, 0) is 11.6 Å². The number of aldehydes is 1. The highest BCUT2D eigenvalue weighted by atomic mass is 16.1. The second-order valence-electron chi connectivity index (χ2n) is 2.83. The van der Waals surface area contributed by atoms with Crippen LogP contribution in [0.4, 0.5) is 0 Å². The third-order valence-corrected chi connectivity index (χ3v) is 1.67. The van der Waals surface area contributed by atoms with Gasteiger partial charge in [0.05, 0.1) is 0 Å². The van der Waals surface area contributed by atoms with E-state index in [1.54, 1.807) is 6.20 Å². The van der Waals surface area contributed by atoms with E-state index in [1.165, 1.54) is 11.6 Å². The Hall–Kier alpha value is -1.57. The zero-order valence-corrected chi connectivity index (χ0v) is 7.60. The van der Waals surface area contributed by atoms with Crippen LogP contribution in [0.1, 0.15) is 6.93 Å². The molecule has 0 atom stereocenters. The fourth-order valence-corrected chi connectivity index (χ4v) is 1.08. The van der Waals surface area contributed by atoms with E-state index in [-0.39, 0.29) is 0 Å². The van der Waals surface area contributed by atoms with E-state index in [4.69, 9.17) is 1.37 Å². The minimum atomic E-state index is -0.676. The molecule has 0 aliphatic rings. The Morgan fingerprint density at radius 1 is 1.46 bits per heavy atom. The SMILES string of the molecule is [2H]C(=O)/C=C/N(C)Cc1ccccc1. The van der Waals surface area contributed by atoms with E-state index in [1.807, 2.05) is 42.3 Å². The summed E-state index contributed by atoms with van der Waals surface area (Å²) in [6, 6.07) is 9.96. The molecule has 68 valence electrons. The Morgan fingerprint density at radius 3 is 2.77 bits per heavy atom. The summed E-state index contributed by atoms with van der Waals surface area (Å²) in [5.41, 5.74) is 1.18. The van der Waals surface area contributed by atoms with E-state index in [9.17, 15) is 4.79 Å². The summed E-state index contributed by atoms with van der Waals surface area (Å²) < 4.78 is 6.70. The van der Waals surface area contributed by atoms with Crippen molar-refractivity contribution in [3.8, 4) is 0 Å². The van der Waals surface area contributed by atoms with Crippen LogP contribution in [0.15, 0.2) is 42.6 Å². The molecule has 0 amide bonds. The van der Waals surface area contributed by atoms with Crippen molar-refractivity contribution in [1.82, 2.24) is 4.90 Å². The Balaban J connectivity index is 2.49. The lowest BCUT2D eigenvalue weighted by Crippen LogP contribution is -2.09. The average Bonchev–Trinajstić information content (AvgIpc) is 2.16. The maximum atomic E-state index is 10.4. The van der Waals surface area contributed by atoms with E-state index >= 15 is 0 Å². The first kappa shape index (κ1) is 8.05. The van der Waals surface area contributed by atoms with Crippen LogP contribution in [-0.2, 0) is 11.3 Å². The number of allylic oxidation sites excluding steroid dienone is 1. The minimum absolute atomic E-state index is 0.676. The third kappa shape index (κ3) is 3.56. The first-order valence-corrected chi connectivity index (χ1v) is 4.11. The topological polar surface area (TPSA) is 20.3 Å². The number of rotatable bonds is 4. The molecule has 0 bridgehead atoms. The minimum Gasteiger partial charge on any atom is -0.376 e. The van der Waals surface area contributed by atoms with Crippen LogP contribution in [0, 0.1) is 0 Å². The molecule has 0 saturated carbocycles. The largest absolute Gasteiger partial charge is 0.376 e. The normalized spacial score (nSPS) is 11.3. The van der Waals surface area contributed by atoms with Crippen LogP contribution in [0.3, 0.4) is 0 Å². The van der Waals surface area contributed by atoms with Crippen molar-refractivity contribution in [2.45, 2.75) is 6.54 Å². The number of carbonyl (C=O) groups excluding carboxylic acids is 1. The molecule has 2 heteroatoms. The van der Waals surface area contributed by atoms with E-state index in [0.717, 1.165) is 6.54 Å². The van der Waals surface area contributed by atoms with Gasteiger partial charge in [0.1, 0.15) is 7.63 Å². The van der Waals surface area contributed by atoms with Crippen LogP contribution in [0.5, 0.6) is 0 Å². The van der Waals surface area contributed by atoms with Gasteiger partial charge in [-0.1, -0.05) is 30.3 Å². The van der Waals surface area contributed by atoms with Gasteiger partial charge in [-0.25, -0.2) is 0 Å². The second-order valence-corrected chi connectivity index (χ2v) is 2.83. The van der Waals surface area contributed by atoms with Gasteiger partial charge in [0, 0.05) is 19.8 Å². The summed E-state index contributed by atoms with van der Waals surface area (Å²) in [4.78, 5) is 12.2. The van der Waals surface area contributed by atoms with E-state index in [2.05, 4.69) is 0 Å². The summed E-state index contributed by atoms with van der Waals surface area (Å²) in [5.74, 6) is 0. The molecule has 0 aliphatic heterocycles. The Morgan fingerprint density at radius 2 is 2.15 bits per heavy atom. The maximum absolute atomic E-state index is 10.4. The number of hydrogen-bond acceptors (Lipinski definition) is 2. The Bertz CT molecular complexity index is 321. The molecule has 0 saturated heterocycles. The molecule has 0 radical (unpaired) electrons. The van der Waals surface area contributed by atoms with Crippen molar-refractivity contribution < 1.29 is 6.17 Å². The highest BCUT2D eigenvalue weighted by molar-refractivity contribution is 5.64. The molecule has 1 aromatic carbocycles. The first-order chi connectivity index (χ1) is 6.68. The molecule has 0 N–H and O–H groups in total. The molecule has 0 heterocycles. The molecule has 0 unspecified atom stereocenters. The predicted octanol–water partition coefficient (Wildman–Crippen LogP) is 1.83.